The first-order valence-electron chi connectivity index (χ1n) is 9.81. The standard InChI is InChI=1S/C24H20ClNO7/c1-30-14-8-6-13(7-9-14)26-21(17-5-4-10-33-17)20(23(28)24(26)29)22(27)15-11-19(32-3)16(25)12-18(15)31-2/h4-12,21,27H,1-3H3/b22-20+. The molecule has 1 atom stereocenters. The van der Waals surface area contributed by atoms with E-state index in [0.29, 0.717) is 17.2 Å². The first kappa shape index (κ1) is 22.3. The molecule has 1 amide bonds. The van der Waals surface area contributed by atoms with Crippen molar-refractivity contribution >= 4 is 34.7 Å². The highest BCUT2D eigenvalue weighted by molar-refractivity contribution is 6.51. The molecule has 170 valence electrons. The number of carbonyl (C=O) groups is 2. The Morgan fingerprint density at radius 2 is 1.70 bits per heavy atom. The molecule has 0 bridgehead atoms. The van der Waals surface area contributed by atoms with Gasteiger partial charge in [0.25, 0.3) is 11.7 Å². The van der Waals surface area contributed by atoms with Gasteiger partial charge in [0.2, 0.25) is 0 Å². The van der Waals surface area contributed by atoms with Crippen molar-refractivity contribution in [3.63, 3.8) is 0 Å². The van der Waals surface area contributed by atoms with Crippen molar-refractivity contribution < 1.29 is 33.3 Å². The summed E-state index contributed by atoms with van der Waals surface area (Å²) in [6, 6.07) is 11.8. The van der Waals surface area contributed by atoms with Crippen LogP contribution in [0.25, 0.3) is 5.76 Å². The molecule has 2 aromatic carbocycles. The molecule has 0 saturated carbocycles. The summed E-state index contributed by atoms with van der Waals surface area (Å²) in [5.41, 5.74) is 0.412. The molecule has 1 saturated heterocycles. The minimum atomic E-state index is -1.01. The van der Waals surface area contributed by atoms with Gasteiger partial charge in [-0.25, -0.2) is 0 Å². The van der Waals surface area contributed by atoms with Gasteiger partial charge in [-0.1, -0.05) is 11.6 Å². The van der Waals surface area contributed by atoms with Crippen LogP contribution in [0.1, 0.15) is 17.4 Å². The summed E-state index contributed by atoms with van der Waals surface area (Å²) in [6.45, 7) is 0. The Balaban J connectivity index is 1.94. The third-order valence-electron chi connectivity index (χ3n) is 5.34. The van der Waals surface area contributed by atoms with Crippen LogP contribution in [0, 0.1) is 0 Å². The zero-order valence-electron chi connectivity index (χ0n) is 18.0. The number of furan rings is 1. The summed E-state index contributed by atoms with van der Waals surface area (Å²) in [6.07, 6.45) is 1.43. The maximum Gasteiger partial charge on any atom is 0.300 e. The zero-order valence-corrected chi connectivity index (χ0v) is 18.8. The lowest BCUT2D eigenvalue weighted by atomic mass is 9.98. The number of benzene rings is 2. The average Bonchev–Trinajstić information content (AvgIpc) is 3.45. The van der Waals surface area contributed by atoms with E-state index in [1.54, 1.807) is 36.4 Å². The fraction of sp³-hybridized carbons (Fsp3) is 0.167. The van der Waals surface area contributed by atoms with Gasteiger partial charge in [0.15, 0.2) is 0 Å². The topological polar surface area (TPSA) is 98.4 Å². The number of ether oxygens (including phenoxy) is 3. The van der Waals surface area contributed by atoms with Gasteiger partial charge >= 0.3 is 0 Å². The number of amides is 1. The van der Waals surface area contributed by atoms with Crippen LogP contribution >= 0.6 is 11.6 Å². The van der Waals surface area contributed by atoms with Gasteiger partial charge in [0.05, 0.1) is 43.8 Å². The van der Waals surface area contributed by atoms with Crippen LogP contribution in [0.4, 0.5) is 5.69 Å². The Hall–Kier alpha value is -3.91. The molecule has 0 spiro atoms. The van der Waals surface area contributed by atoms with Crippen molar-refractivity contribution in [1.29, 1.82) is 0 Å². The predicted molar refractivity (Wildman–Crippen MR) is 121 cm³/mol. The van der Waals surface area contributed by atoms with Crippen molar-refractivity contribution in [2.24, 2.45) is 0 Å². The molecule has 1 N–H and O–H groups in total. The first-order chi connectivity index (χ1) is 15.9. The van der Waals surface area contributed by atoms with Crippen molar-refractivity contribution in [2.75, 3.05) is 26.2 Å². The lowest BCUT2D eigenvalue weighted by Gasteiger charge is -2.23. The number of ketones is 1. The maximum absolute atomic E-state index is 13.2. The molecule has 1 aliphatic heterocycles. The smallest absolute Gasteiger partial charge is 0.300 e. The first-order valence-corrected chi connectivity index (χ1v) is 10.2. The second-order valence-electron chi connectivity index (χ2n) is 7.07. The van der Waals surface area contributed by atoms with E-state index in [-0.39, 0.29) is 27.7 Å². The third kappa shape index (κ3) is 3.78. The Kier molecular flexibility index (Phi) is 6.02. The highest BCUT2D eigenvalue weighted by atomic mass is 35.5. The Bertz CT molecular complexity index is 1230. The van der Waals surface area contributed by atoms with Gasteiger partial charge in [0, 0.05) is 11.8 Å². The van der Waals surface area contributed by atoms with Crippen LogP contribution in [0.5, 0.6) is 17.2 Å². The third-order valence-corrected chi connectivity index (χ3v) is 5.63. The second-order valence-corrected chi connectivity index (χ2v) is 7.48. The van der Waals surface area contributed by atoms with E-state index in [1.807, 2.05) is 0 Å². The van der Waals surface area contributed by atoms with Gasteiger partial charge in [-0.2, -0.15) is 0 Å². The number of Topliss-reactive ketones (excluding diaryl/α,β-unsaturated/α-hetero) is 1. The van der Waals surface area contributed by atoms with E-state index in [9.17, 15) is 14.7 Å². The number of aliphatic hydroxyl groups is 1. The van der Waals surface area contributed by atoms with Gasteiger partial charge in [-0.15, -0.1) is 0 Å². The minimum absolute atomic E-state index is 0.142. The summed E-state index contributed by atoms with van der Waals surface area (Å²) in [4.78, 5) is 27.6. The molecule has 0 radical (unpaired) electrons. The molecule has 1 fully saturated rings. The number of rotatable bonds is 6. The van der Waals surface area contributed by atoms with Crippen LogP contribution < -0.4 is 19.1 Å². The minimum Gasteiger partial charge on any atom is -0.507 e. The molecule has 3 aromatic rings. The average molecular weight is 470 g/mol. The summed E-state index contributed by atoms with van der Waals surface area (Å²) >= 11 is 6.18. The molecule has 2 heterocycles. The highest BCUT2D eigenvalue weighted by Crippen LogP contribution is 2.45. The van der Waals surface area contributed by atoms with E-state index >= 15 is 0 Å². The summed E-state index contributed by atoms with van der Waals surface area (Å²) in [5, 5.41) is 11.5. The number of nitrogens with zero attached hydrogens (tertiary/aromatic N) is 1. The second kappa shape index (κ2) is 8.91. The SMILES string of the molecule is COc1ccc(N2C(=O)C(=O)/C(=C(/O)c3cc(OC)c(Cl)cc3OC)C2c2ccco2)cc1. The quantitative estimate of drug-likeness (QED) is 0.320. The van der Waals surface area contributed by atoms with Gasteiger partial charge in [-0.3, -0.25) is 14.5 Å². The van der Waals surface area contributed by atoms with Crippen molar-refractivity contribution in [3.05, 3.63) is 76.7 Å². The lowest BCUT2D eigenvalue weighted by molar-refractivity contribution is -0.132. The summed E-state index contributed by atoms with van der Waals surface area (Å²) in [7, 11) is 4.34. The number of aliphatic hydroxyl groups excluding tert-OH is 1. The molecule has 8 nitrogen and oxygen atoms in total. The Morgan fingerprint density at radius 1 is 1.00 bits per heavy atom. The van der Waals surface area contributed by atoms with Crippen molar-refractivity contribution in [3.8, 4) is 17.2 Å². The Labute approximate surface area is 194 Å². The molecule has 1 aliphatic rings. The number of halogens is 1. The van der Waals surface area contributed by atoms with E-state index in [0.717, 1.165) is 0 Å². The zero-order chi connectivity index (χ0) is 23.7. The van der Waals surface area contributed by atoms with Crippen molar-refractivity contribution in [1.82, 2.24) is 0 Å². The summed E-state index contributed by atoms with van der Waals surface area (Å²) < 4.78 is 21.3. The lowest BCUT2D eigenvalue weighted by Crippen LogP contribution is -2.29. The van der Waals surface area contributed by atoms with Crippen LogP contribution in [-0.4, -0.2) is 38.1 Å². The van der Waals surface area contributed by atoms with Crippen LogP contribution in [0.2, 0.25) is 5.02 Å². The van der Waals surface area contributed by atoms with E-state index in [2.05, 4.69) is 0 Å². The normalized spacial score (nSPS) is 17.3. The van der Waals surface area contributed by atoms with Crippen LogP contribution in [-0.2, 0) is 9.59 Å². The molecule has 0 aliphatic carbocycles. The molecular weight excluding hydrogens is 450 g/mol. The fourth-order valence-electron chi connectivity index (χ4n) is 3.75. The molecule has 1 aromatic heterocycles. The molecule has 4 rings (SSSR count). The molecule has 9 heteroatoms. The van der Waals surface area contributed by atoms with Crippen LogP contribution in [0.15, 0.2) is 64.8 Å². The molecular formula is C24H20ClNO7. The number of hydrogen-bond acceptors (Lipinski definition) is 7. The van der Waals surface area contributed by atoms with Gasteiger partial charge in [0.1, 0.15) is 34.8 Å². The van der Waals surface area contributed by atoms with Gasteiger partial charge < -0.3 is 23.7 Å². The number of methoxy groups -OCH3 is 3. The largest absolute Gasteiger partial charge is 0.507 e. The maximum atomic E-state index is 13.2. The number of anilines is 1. The van der Waals surface area contributed by atoms with E-state index in [4.69, 9.17) is 30.2 Å². The predicted octanol–water partition coefficient (Wildman–Crippen LogP) is 4.59. The monoisotopic (exact) mass is 469 g/mol. The van der Waals surface area contributed by atoms with Gasteiger partial charge in [-0.05, 0) is 42.5 Å². The fourth-order valence-corrected chi connectivity index (χ4v) is 3.98. The highest BCUT2D eigenvalue weighted by Gasteiger charge is 2.48. The molecule has 33 heavy (non-hydrogen) atoms. The van der Waals surface area contributed by atoms with Crippen LogP contribution in [0.3, 0.4) is 0 Å². The number of hydrogen-bond donors (Lipinski definition) is 1. The number of carbonyl (C=O) groups excluding carboxylic acids is 2. The van der Waals surface area contributed by atoms with E-state index in [1.165, 1.54) is 44.6 Å². The van der Waals surface area contributed by atoms with E-state index < -0.39 is 23.5 Å². The van der Waals surface area contributed by atoms with Crippen molar-refractivity contribution in [2.45, 2.75) is 6.04 Å². The Morgan fingerprint density at radius 3 is 2.27 bits per heavy atom. The molecule has 1 unspecified atom stereocenters. The summed E-state index contributed by atoms with van der Waals surface area (Å²) in [5.74, 6) is -0.791.